The van der Waals surface area contributed by atoms with Crippen LogP contribution in [0.3, 0.4) is 0 Å². The van der Waals surface area contributed by atoms with Crippen LogP contribution in [0.1, 0.15) is 19.8 Å². The van der Waals surface area contributed by atoms with E-state index in [0.717, 1.165) is 12.7 Å². The molecule has 3 aliphatic rings. The van der Waals surface area contributed by atoms with Gasteiger partial charge >= 0.3 is 0 Å². The van der Waals surface area contributed by atoms with Gasteiger partial charge in [-0.25, -0.2) is 0 Å². The van der Waals surface area contributed by atoms with Gasteiger partial charge in [0.05, 0.1) is 18.8 Å². The summed E-state index contributed by atoms with van der Waals surface area (Å²) in [6, 6.07) is 0.343. The van der Waals surface area contributed by atoms with Crippen molar-refractivity contribution >= 4 is 12.1 Å². The second-order valence-electron chi connectivity index (χ2n) is 5.73. The van der Waals surface area contributed by atoms with E-state index in [0.29, 0.717) is 36.7 Å². The molecule has 3 heterocycles. The molecule has 94 valence electrons. The average Bonchev–Trinajstić information content (AvgIpc) is 2.50. The minimum absolute atomic E-state index is 0.00616. The van der Waals surface area contributed by atoms with Gasteiger partial charge in [-0.1, -0.05) is 0 Å². The van der Waals surface area contributed by atoms with Crippen molar-refractivity contribution in [2.75, 3.05) is 13.7 Å². The molecule has 4 heteroatoms. The molecule has 3 aliphatic heterocycles. The van der Waals surface area contributed by atoms with Gasteiger partial charge in [-0.15, -0.1) is 0 Å². The number of likely N-dealkylation sites (N-methyl/N-ethyl adjacent to an activating group) is 1. The lowest BCUT2D eigenvalue weighted by Crippen LogP contribution is -2.55. The van der Waals surface area contributed by atoms with Gasteiger partial charge in [-0.2, -0.15) is 0 Å². The highest BCUT2D eigenvalue weighted by Crippen LogP contribution is 2.46. The van der Waals surface area contributed by atoms with Gasteiger partial charge in [-0.3, -0.25) is 9.69 Å². The maximum atomic E-state index is 11.9. The third-order valence-corrected chi connectivity index (χ3v) is 5.08. The molecule has 0 radical (unpaired) electrons. The first-order chi connectivity index (χ1) is 8.13. The Hall–Kier alpha value is -0.740. The Morgan fingerprint density at radius 2 is 2.18 bits per heavy atom. The number of carbonyl (C=O) groups is 2. The van der Waals surface area contributed by atoms with Crippen LogP contribution in [0, 0.1) is 17.8 Å². The molecule has 0 aromatic rings. The summed E-state index contributed by atoms with van der Waals surface area (Å²) in [4.78, 5) is 25.4. The normalized spacial score (nSPS) is 50.1. The number of ketones is 1. The highest BCUT2D eigenvalue weighted by atomic mass is 16.5. The van der Waals surface area contributed by atoms with Crippen molar-refractivity contribution in [2.45, 2.75) is 38.0 Å². The number of hydrogen-bond donors (Lipinski definition) is 0. The van der Waals surface area contributed by atoms with Gasteiger partial charge in [0.25, 0.3) is 0 Å². The number of aldehydes is 1. The number of ether oxygens (including phenoxy) is 1. The minimum atomic E-state index is -0.0293. The average molecular weight is 237 g/mol. The molecule has 0 unspecified atom stereocenters. The van der Waals surface area contributed by atoms with E-state index in [-0.39, 0.29) is 18.1 Å². The fraction of sp³-hybridized carbons (Fsp3) is 0.846. The maximum absolute atomic E-state index is 11.9. The van der Waals surface area contributed by atoms with Crippen LogP contribution in [0.2, 0.25) is 0 Å². The lowest BCUT2D eigenvalue weighted by atomic mass is 9.70. The van der Waals surface area contributed by atoms with E-state index >= 15 is 0 Å². The van der Waals surface area contributed by atoms with Gasteiger partial charge in [0.2, 0.25) is 0 Å². The first-order valence-corrected chi connectivity index (χ1v) is 6.45. The quantitative estimate of drug-likeness (QED) is 0.623. The van der Waals surface area contributed by atoms with E-state index in [1.165, 1.54) is 0 Å². The molecule has 0 aromatic carbocycles. The Balaban J connectivity index is 1.91. The number of rotatable bonds is 1. The number of nitrogens with zero attached hydrogens (tertiary/aromatic N) is 1. The zero-order valence-electron chi connectivity index (χ0n) is 10.3. The molecule has 0 aromatic heterocycles. The molecule has 6 atom stereocenters. The molecule has 3 fully saturated rings. The van der Waals surface area contributed by atoms with Crippen LogP contribution < -0.4 is 0 Å². The van der Waals surface area contributed by atoms with Crippen molar-refractivity contribution in [3.05, 3.63) is 0 Å². The summed E-state index contributed by atoms with van der Waals surface area (Å²) < 4.78 is 5.72. The lowest BCUT2D eigenvalue weighted by molar-refractivity contribution is -0.143. The molecule has 3 rings (SSSR count). The van der Waals surface area contributed by atoms with Crippen molar-refractivity contribution in [3.8, 4) is 0 Å². The maximum Gasteiger partial charge on any atom is 0.151 e. The Morgan fingerprint density at radius 3 is 2.88 bits per heavy atom. The number of Topliss-reactive ketones (excluding diaryl/α,β-unsaturated/α-hetero) is 1. The fourth-order valence-corrected chi connectivity index (χ4v) is 4.02. The molecule has 17 heavy (non-hydrogen) atoms. The van der Waals surface area contributed by atoms with Gasteiger partial charge in [0.1, 0.15) is 6.29 Å². The van der Waals surface area contributed by atoms with Gasteiger partial charge < -0.3 is 9.53 Å². The molecular formula is C13H19NO3. The molecule has 0 saturated carbocycles. The SMILES string of the molecule is C[C@@H]1OC[C@@H]2[C@@H](C[C@H]3C(=O)C[C@@H]2N3C)[C@@H]1C=O. The second-order valence-corrected chi connectivity index (χ2v) is 5.73. The monoisotopic (exact) mass is 237 g/mol. The van der Waals surface area contributed by atoms with Crippen LogP contribution in [-0.2, 0) is 14.3 Å². The van der Waals surface area contributed by atoms with Crippen molar-refractivity contribution < 1.29 is 14.3 Å². The Morgan fingerprint density at radius 1 is 1.41 bits per heavy atom. The van der Waals surface area contributed by atoms with Crippen molar-refractivity contribution in [2.24, 2.45) is 17.8 Å². The summed E-state index contributed by atoms with van der Waals surface area (Å²) in [5.74, 6) is 1.02. The number of fused-ring (bicyclic) bond motifs is 4. The van der Waals surface area contributed by atoms with Crippen LogP contribution in [0.4, 0.5) is 0 Å². The van der Waals surface area contributed by atoms with Crippen LogP contribution in [0.25, 0.3) is 0 Å². The number of carbonyl (C=O) groups excluding carboxylic acids is 2. The summed E-state index contributed by atoms with van der Waals surface area (Å²) in [6.07, 6.45) is 2.53. The van der Waals surface area contributed by atoms with Crippen LogP contribution in [-0.4, -0.2) is 48.8 Å². The van der Waals surface area contributed by atoms with Crippen LogP contribution >= 0.6 is 0 Å². The first-order valence-electron chi connectivity index (χ1n) is 6.45. The van der Waals surface area contributed by atoms with Crippen LogP contribution in [0.15, 0.2) is 0 Å². The smallest absolute Gasteiger partial charge is 0.151 e. The Bertz CT molecular complexity index is 357. The third-order valence-electron chi connectivity index (χ3n) is 5.08. The lowest BCUT2D eigenvalue weighted by Gasteiger charge is -2.48. The van der Waals surface area contributed by atoms with E-state index in [4.69, 9.17) is 4.74 Å². The second kappa shape index (κ2) is 3.89. The molecule has 0 spiro atoms. The minimum Gasteiger partial charge on any atom is -0.377 e. The predicted octanol–water partition coefficient (Wildman–Crippen LogP) is 0.498. The summed E-state index contributed by atoms with van der Waals surface area (Å²) in [7, 11) is 2.03. The molecule has 0 N–H and O–H groups in total. The van der Waals surface area contributed by atoms with E-state index in [1.807, 2.05) is 14.0 Å². The first kappa shape index (κ1) is 11.4. The molecule has 0 amide bonds. The molecule has 0 aliphatic carbocycles. The summed E-state index contributed by atoms with van der Waals surface area (Å²) in [5.41, 5.74) is 0. The van der Waals surface area contributed by atoms with E-state index < -0.39 is 0 Å². The van der Waals surface area contributed by atoms with Crippen LogP contribution in [0.5, 0.6) is 0 Å². The summed E-state index contributed by atoms with van der Waals surface area (Å²) in [5, 5.41) is 0. The molecule has 4 nitrogen and oxygen atoms in total. The highest BCUT2D eigenvalue weighted by molar-refractivity contribution is 5.87. The topological polar surface area (TPSA) is 46.6 Å². The van der Waals surface area contributed by atoms with Crippen molar-refractivity contribution in [1.82, 2.24) is 4.90 Å². The highest BCUT2D eigenvalue weighted by Gasteiger charge is 2.54. The van der Waals surface area contributed by atoms with Gasteiger partial charge in [-0.05, 0) is 26.3 Å². The van der Waals surface area contributed by atoms with Crippen molar-refractivity contribution in [1.29, 1.82) is 0 Å². The molecule has 2 bridgehead atoms. The number of hydrogen-bond acceptors (Lipinski definition) is 4. The molecular weight excluding hydrogens is 218 g/mol. The van der Waals surface area contributed by atoms with E-state index in [2.05, 4.69) is 4.90 Å². The largest absolute Gasteiger partial charge is 0.377 e. The fourth-order valence-electron chi connectivity index (χ4n) is 4.02. The third kappa shape index (κ3) is 1.50. The standard InChI is InChI=1S/C13H19NO3/c1-7-9(5-15)8-3-12-13(16)4-11(14(12)2)10(8)6-17-7/h5,7-12H,3-4,6H2,1-2H3/t7-,8-,9+,10+,11-,12-/m0/s1. The van der Waals surface area contributed by atoms with Crippen molar-refractivity contribution in [3.63, 3.8) is 0 Å². The van der Waals surface area contributed by atoms with E-state index in [1.54, 1.807) is 0 Å². The van der Waals surface area contributed by atoms with Gasteiger partial charge in [0, 0.05) is 24.3 Å². The zero-order valence-corrected chi connectivity index (χ0v) is 10.3. The Kier molecular flexibility index (Phi) is 2.60. The molecule has 3 saturated heterocycles. The Labute approximate surface area is 101 Å². The zero-order chi connectivity index (χ0) is 12.2. The number of piperidine rings is 1. The predicted molar refractivity (Wildman–Crippen MR) is 61.5 cm³/mol. The van der Waals surface area contributed by atoms with Gasteiger partial charge in [0.15, 0.2) is 5.78 Å². The van der Waals surface area contributed by atoms with E-state index in [9.17, 15) is 9.59 Å². The summed E-state index contributed by atoms with van der Waals surface area (Å²) >= 11 is 0. The summed E-state index contributed by atoms with van der Waals surface area (Å²) in [6.45, 7) is 2.67.